The summed E-state index contributed by atoms with van der Waals surface area (Å²) in [6, 6.07) is 13.9. The summed E-state index contributed by atoms with van der Waals surface area (Å²) in [4.78, 5) is 35.7. The number of carbonyl (C=O) groups is 3. The van der Waals surface area contributed by atoms with E-state index in [0.717, 1.165) is 5.56 Å². The lowest BCUT2D eigenvalue weighted by Gasteiger charge is -2.18. The summed E-state index contributed by atoms with van der Waals surface area (Å²) in [7, 11) is 1.31. The van der Waals surface area contributed by atoms with Crippen molar-refractivity contribution < 1.29 is 19.1 Å². The molecule has 1 N–H and O–H groups in total. The largest absolute Gasteiger partial charge is 0.465 e. The lowest BCUT2D eigenvalue weighted by molar-refractivity contribution is -0.116. The van der Waals surface area contributed by atoms with Gasteiger partial charge in [0.1, 0.15) is 0 Å². The van der Waals surface area contributed by atoms with Crippen LogP contribution in [-0.2, 0) is 14.9 Å². The van der Waals surface area contributed by atoms with Crippen LogP contribution in [0, 0.1) is 0 Å². The molecule has 2 rings (SSSR count). The van der Waals surface area contributed by atoms with Crippen molar-refractivity contribution in [3.8, 4) is 0 Å². The first-order chi connectivity index (χ1) is 12.7. The van der Waals surface area contributed by atoms with E-state index in [2.05, 4.69) is 30.8 Å². The molecule has 142 valence electrons. The summed E-state index contributed by atoms with van der Waals surface area (Å²) >= 11 is 0. The summed E-state index contributed by atoms with van der Waals surface area (Å²) in [6.07, 6.45) is 0.236. The Morgan fingerprint density at radius 2 is 1.41 bits per heavy atom. The van der Waals surface area contributed by atoms with Gasteiger partial charge in [0, 0.05) is 24.1 Å². The Hall–Kier alpha value is -2.95. The average Bonchev–Trinajstić information content (AvgIpc) is 2.65. The fourth-order valence-electron chi connectivity index (χ4n) is 2.56. The lowest BCUT2D eigenvalue weighted by atomic mass is 9.86. The van der Waals surface area contributed by atoms with Crippen LogP contribution in [0.1, 0.15) is 59.9 Å². The van der Waals surface area contributed by atoms with E-state index in [1.54, 1.807) is 24.3 Å². The van der Waals surface area contributed by atoms with E-state index in [1.165, 1.54) is 7.11 Å². The van der Waals surface area contributed by atoms with Gasteiger partial charge in [-0.25, -0.2) is 4.79 Å². The smallest absolute Gasteiger partial charge is 0.337 e. The molecule has 2 aromatic carbocycles. The summed E-state index contributed by atoms with van der Waals surface area (Å²) in [6.45, 7) is 6.35. The van der Waals surface area contributed by atoms with Crippen LogP contribution in [0.15, 0.2) is 48.5 Å². The van der Waals surface area contributed by atoms with E-state index in [4.69, 9.17) is 0 Å². The Morgan fingerprint density at radius 3 is 1.93 bits per heavy atom. The maximum atomic E-state index is 12.3. The number of benzene rings is 2. The van der Waals surface area contributed by atoms with E-state index in [1.807, 2.05) is 24.3 Å². The molecular weight excluding hydrogens is 342 g/mol. The number of methoxy groups -OCH3 is 1. The Kier molecular flexibility index (Phi) is 6.50. The standard InChI is InChI=1S/C22H25NO4/c1-22(2,3)17-9-5-15(6-10-17)19(24)13-14-20(25)23-18-11-7-16(8-12-18)21(26)27-4/h5-12H,13-14H2,1-4H3,(H,23,25). The molecule has 0 fully saturated rings. The van der Waals surface area contributed by atoms with E-state index in [-0.39, 0.29) is 29.9 Å². The van der Waals surface area contributed by atoms with Gasteiger partial charge in [0.2, 0.25) is 5.91 Å². The highest BCUT2D eigenvalue weighted by atomic mass is 16.5. The summed E-state index contributed by atoms with van der Waals surface area (Å²) in [5.74, 6) is -0.747. The van der Waals surface area contributed by atoms with Gasteiger partial charge in [-0.2, -0.15) is 0 Å². The van der Waals surface area contributed by atoms with Crippen molar-refractivity contribution in [2.75, 3.05) is 12.4 Å². The monoisotopic (exact) mass is 367 g/mol. The molecule has 0 aliphatic heterocycles. The molecule has 2 aromatic rings. The highest BCUT2D eigenvalue weighted by molar-refractivity contribution is 6.00. The van der Waals surface area contributed by atoms with Gasteiger partial charge >= 0.3 is 5.97 Å². The molecule has 27 heavy (non-hydrogen) atoms. The van der Waals surface area contributed by atoms with Gasteiger partial charge in [-0.15, -0.1) is 0 Å². The molecule has 0 heterocycles. The zero-order valence-electron chi connectivity index (χ0n) is 16.2. The lowest BCUT2D eigenvalue weighted by Crippen LogP contribution is -2.14. The number of esters is 1. The molecule has 0 unspecified atom stereocenters. The third-order valence-electron chi connectivity index (χ3n) is 4.24. The number of ketones is 1. The Morgan fingerprint density at radius 1 is 0.852 bits per heavy atom. The minimum Gasteiger partial charge on any atom is -0.465 e. The van der Waals surface area contributed by atoms with E-state index >= 15 is 0 Å². The highest BCUT2D eigenvalue weighted by Gasteiger charge is 2.15. The van der Waals surface area contributed by atoms with Gasteiger partial charge in [0.15, 0.2) is 5.78 Å². The molecule has 5 nitrogen and oxygen atoms in total. The first-order valence-electron chi connectivity index (χ1n) is 8.82. The van der Waals surface area contributed by atoms with E-state index in [0.29, 0.717) is 16.8 Å². The molecule has 0 spiro atoms. The first-order valence-corrected chi connectivity index (χ1v) is 8.82. The number of rotatable bonds is 6. The molecule has 0 aliphatic rings. The number of nitrogens with one attached hydrogen (secondary N) is 1. The number of hydrogen-bond donors (Lipinski definition) is 1. The molecule has 0 bridgehead atoms. The molecule has 0 saturated carbocycles. The van der Waals surface area contributed by atoms with Crippen molar-refractivity contribution in [2.24, 2.45) is 0 Å². The van der Waals surface area contributed by atoms with E-state index < -0.39 is 5.97 Å². The molecule has 0 aliphatic carbocycles. The molecule has 0 saturated heterocycles. The average molecular weight is 367 g/mol. The fraction of sp³-hybridized carbons (Fsp3) is 0.318. The van der Waals surface area contributed by atoms with Crippen LogP contribution in [0.2, 0.25) is 0 Å². The minimum absolute atomic E-state index is 0.0326. The number of Topliss-reactive ketones (excluding diaryl/α,β-unsaturated/α-hetero) is 1. The predicted molar refractivity (Wildman–Crippen MR) is 105 cm³/mol. The van der Waals surface area contributed by atoms with Crippen LogP contribution in [0.3, 0.4) is 0 Å². The van der Waals surface area contributed by atoms with Crippen LogP contribution in [0.5, 0.6) is 0 Å². The normalized spacial score (nSPS) is 11.0. The van der Waals surface area contributed by atoms with Gasteiger partial charge in [0.05, 0.1) is 12.7 Å². The molecular formula is C22H25NO4. The Labute approximate surface area is 159 Å². The van der Waals surface area contributed by atoms with Crippen LogP contribution in [0.4, 0.5) is 5.69 Å². The summed E-state index contributed by atoms with van der Waals surface area (Å²) in [5.41, 5.74) is 2.77. The van der Waals surface area contributed by atoms with Gasteiger partial charge < -0.3 is 10.1 Å². The van der Waals surface area contributed by atoms with Crippen LogP contribution < -0.4 is 5.32 Å². The molecule has 5 heteroatoms. The quantitative estimate of drug-likeness (QED) is 0.608. The number of carbonyl (C=O) groups excluding carboxylic acids is 3. The van der Waals surface area contributed by atoms with Crippen molar-refractivity contribution in [1.82, 2.24) is 0 Å². The zero-order valence-corrected chi connectivity index (χ0v) is 16.2. The van der Waals surface area contributed by atoms with Crippen LogP contribution >= 0.6 is 0 Å². The third kappa shape index (κ3) is 5.78. The van der Waals surface area contributed by atoms with Gasteiger partial charge in [-0.05, 0) is 35.2 Å². The van der Waals surface area contributed by atoms with E-state index in [9.17, 15) is 14.4 Å². The second-order valence-electron chi connectivity index (χ2n) is 7.37. The zero-order chi connectivity index (χ0) is 20.0. The SMILES string of the molecule is COC(=O)c1ccc(NC(=O)CCC(=O)c2ccc(C(C)(C)C)cc2)cc1. The molecule has 0 aromatic heterocycles. The van der Waals surface area contributed by atoms with Crippen molar-refractivity contribution in [3.05, 3.63) is 65.2 Å². The second kappa shape index (κ2) is 8.62. The highest BCUT2D eigenvalue weighted by Crippen LogP contribution is 2.22. The van der Waals surface area contributed by atoms with Crippen molar-refractivity contribution >= 4 is 23.3 Å². The molecule has 1 amide bonds. The van der Waals surface area contributed by atoms with Crippen molar-refractivity contribution in [2.45, 2.75) is 39.0 Å². The first kappa shape index (κ1) is 20.4. The number of amides is 1. The number of hydrogen-bond acceptors (Lipinski definition) is 4. The van der Waals surface area contributed by atoms with Crippen molar-refractivity contribution in [3.63, 3.8) is 0 Å². The summed E-state index contributed by atoms with van der Waals surface area (Å²) < 4.78 is 4.63. The maximum absolute atomic E-state index is 12.3. The summed E-state index contributed by atoms with van der Waals surface area (Å²) in [5, 5.41) is 2.72. The van der Waals surface area contributed by atoms with Crippen LogP contribution in [-0.4, -0.2) is 24.8 Å². The van der Waals surface area contributed by atoms with Gasteiger partial charge in [-0.3, -0.25) is 9.59 Å². The second-order valence-corrected chi connectivity index (χ2v) is 7.37. The molecule has 0 radical (unpaired) electrons. The Balaban J connectivity index is 1.87. The van der Waals surface area contributed by atoms with Crippen LogP contribution in [0.25, 0.3) is 0 Å². The predicted octanol–water partition coefficient (Wildman–Crippen LogP) is 4.37. The Bertz CT molecular complexity index is 815. The minimum atomic E-state index is -0.434. The molecule has 0 atom stereocenters. The van der Waals surface area contributed by atoms with Gasteiger partial charge in [-0.1, -0.05) is 45.0 Å². The van der Waals surface area contributed by atoms with Crippen molar-refractivity contribution in [1.29, 1.82) is 0 Å². The fourth-order valence-corrected chi connectivity index (χ4v) is 2.56. The van der Waals surface area contributed by atoms with Gasteiger partial charge in [0.25, 0.3) is 0 Å². The topological polar surface area (TPSA) is 72.5 Å². The third-order valence-corrected chi connectivity index (χ3v) is 4.24. The number of ether oxygens (including phenoxy) is 1. The number of anilines is 1. The maximum Gasteiger partial charge on any atom is 0.337 e.